The lowest BCUT2D eigenvalue weighted by Crippen LogP contribution is -2.32. The topological polar surface area (TPSA) is 43.6 Å². The summed E-state index contributed by atoms with van der Waals surface area (Å²) < 4.78 is 2.53. The van der Waals surface area contributed by atoms with Crippen molar-refractivity contribution < 1.29 is 0 Å². The first-order chi connectivity index (χ1) is 36.7. The van der Waals surface area contributed by atoms with Crippen LogP contribution in [0, 0.1) is 0 Å². The summed E-state index contributed by atoms with van der Waals surface area (Å²) in [6, 6.07) is 100. The van der Waals surface area contributed by atoms with Gasteiger partial charge in [0.25, 0.3) is 0 Å². The van der Waals surface area contributed by atoms with Gasteiger partial charge in [-0.1, -0.05) is 237 Å². The lowest BCUT2D eigenvalue weighted by molar-refractivity contribution is 0.695. The van der Waals surface area contributed by atoms with Crippen LogP contribution >= 0.6 is 0 Å². The molecular weight excluding hydrogens is 897 g/mol. The highest BCUT2D eigenvalue weighted by atomic mass is 15.1. The molecule has 74 heavy (non-hydrogen) atoms. The minimum Gasteiger partial charge on any atom is -0.309 e. The molecule has 11 aromatic carbocycles. The van der Waals surface area contributed by atoms with E-state index in [1.807, 2.05) is 12.1 Å². The van der Waals surface area contributed by atoms with Crippen LogP contribution in [-0.4, -0.2) is 19.5 Å². The Morgan fingerprint density at radius 1 is 0.297 bits per heavy atom. The quantitative estimate of drug-likeness (QED) is 0.145. The predicted molar refractivity (Wildman–Crippen MR) is 304 cm³/mol. The van der Waals surface area contributed by atoms with Gasteiger partial charge in [0, 0.05) is 33.2 Å². The molecule has 14 rings (SSSR count). The standard InChI is InChI=1S/C70H46N4/c1-7-23-47(24-8-1)53-41-54(48-25-9-2-10-26-48)44-57(43-53)70(69-72-67(51-31-15-5-16-32-51)71-68(73-69)52-33-17-6-18-34-52)63-37-21-19-35-59(63)61-39-40-62-60-36-20-22-38-64(60)74(66(62)65(61)70)58-45-55(49-27-11-3-12-28-49)42-56(46-58)50-29-13-4-14-30-50/h1-46H. The van der Waals surface area contributed by atoms with Crippen LogP contribution < -0.4 is 0 Å². The Labute approximate surface area is 430 Å². The molecule has 1 atom stereocenters. The van der Waals surface area contributed by atoms with E-state index < -0.39 is 5.41 Å². The lowest BCUT2D eigenvalue weighted by atomic mass is 9.69. The monoisotopic (exact) mass is 942 g/mol. The average molecular weight is 943 g/mol. The molecule has 0 spiro atoms. The van der Waals surface area contributed by atoms with E-state index in [2.05, 4.69) is 271 Å². The Hall–Kier alpha value is -9.77. The van der Waals surface area contributed by atoms with Crippen LogP contribution in [0.2, 0.25) is 0 Å². The van der Waals surface area contributed by atoms with Crippen LogP contribution in [0.1, 0.15) is 22.5 Å². The van der Waals surface area contributed by atoms with Gasteiger partial charge in [0.2, 0.25) is 0 Å². The van der Waals surface area contributed by atoms with Gasteiger partial charge in [-0.2, -0.15) is 0 Å². The molecule has 0 aliphatic heterocycles. The molecule has 0 saturated heterocycles. The maximum atomic E-state index is 5.80. The van der Waals surface area contributed by atoms with Crippen molar-refractivity contribution in [3.8, 4) is 84.1 Å². The fraction of sp³-hybridized carbons (Fsp3) is 0.0143. The van der Waals surface area contributed by atoms with E-state index in [0.717, 1.165) is 111 Å². The van der Waals surface area contributed by atoms with Crippen molar-refractivity contribution in [3.63, 3.8) is 0 Å². The Kier molecular flexibility index (Phi) is 10.4. The molecule has 346 valence electrons. The molecule has 4 nitrogen and oxygen atoms in total. The third-order valence-corrected chi connectivity index (χ3v) is 14.8. The van der Waals surface area contributed by atoms with E-state index in [-0.39, 0.29) is 0 Å². The number of fused-ring (bicyclic) bond motifs is 7. The second-order valence-electron chi connectivity index (χ2n) is 19.1. The first-order valence-corrected chi connectivity index (χ1v) is 25.3. The van der Waals surface area contributed by atoms with Gasteiger partial charge in [-0.05, 0) is 109 Å². The van der Waals surface area contributed by atoms with E-state index in [1.165, 1.54) is 0 Å². The van der Waals surface area contributed by atoms with Crippen molar-refractivity contribution in [1.29, 1.82) is 0 Å². The molecule has 2 aromatic heterocycles. The van der Waals surface area contributed by atoms with E-state index in [9.17, 15) is 0 Å². The minimum atomic E-state index is -1.11. The summed E-state index contributed by atoms with van der Waals surface area (Å²) in [5, 5.41) is 2.31. The maximum absolute atomic E-state index is 5.80. The number of hydrogen-bond donors (Lipinski definition) is 0. The number of hydrogen-bond acceptors (Lipinski definition) is 3. The van der Waals surface area contributed by atoms with Gasteiger partial charge in [0.1, 0.15) is 5.41 Å². The van der Waals surface area contributed by atoms with Crippen LogP contribution in [0.15, 0.2) is 279 Å². The van der Waals surface area contributed by atoms with Crippen molar-refractivity contribution in [2.24, 2.45) is 0 Å². The van der Waals surface area contributed by atoms with Gasteiger partial charge in [0.15, 0.2) is 17.5 Å². The van der Waals surface area contributed by atoms with Crippen LogP contribution in [0.4, 0.5) is 0 Å². The Morgan fingerprint density at radius 2 is 0.716 bits per heavy atom. The Balaban J connectivity index is 1.19. The zero-order valence-corrected chi connectivity index (χ0v) is 40.3. The van der Waals surface area contributed by atoms with Crippen molar-refractivity contribution in [2.75, 3.05) is 0 Å². The zero-order valence-electron chi connectivity index (χ0n) is 40.3. The highest BCUT2D eigenvalue weighted by Crippen LogP contribution is 2.59. The summed E-state index contributed by atoms with van der Waals surface area (Å²) in [5.74, 6) is 1.86. The summed E-state index contributed by atoms with van der Waals surface area (Å²) in [6.45, 7) is 0. The fourth-order valence-corrected chi connectivity index (χ4v) is 11.5. The van der Waals surface area contributed by atoms with Gasteiger partial charge in [0.05, 0.1) is 11.0 Å². The number of aromatic nitrogens is 4. The van der Waals surface area contributed by atoms with Gasteiger partial charge < -0.3 is 4.57 Å². The van der Waals surface area contributed by atoms with Gasteiger partial charge in [-0.15, -0.1) is 0 Å². The van der Waals surface area contributed by atoms with Crippen LogP contribution in [-0.2, 0) is 5.41 Å². The second kappa shape index (κ2) is 17.8. The first-order valence-electron chi connectivity index (χ1n) is 25.3. The van der Waals surface area contributed by atoms with E-state index in [4.69, 9.17) is 15.0 Å². The molecule has 2 heterocycles. The minimum absolute atomic E-state index is 0.609. The number of benzene rings is 11. The normalized spacial score (nSPS) is 13.7. The molecule has 0 bridgehead atoms. The van der Waals surface area contributed by atoms with Crippen molar-refractivity contribution in [2.45, 2.75) is 5.41 Å². The Morgan fingerprint density at radius 3 is 1.22 bits per heavy atom. The summed E-state index contributed by atoms with van der Waals surface area (Å²) in [4.78, 5) is 16.9. The lowest BCUT2D eigenvalue weighted by Gasteiger charge is -2.34. The third-order valence-electron chi connectivity index (χ3n) is 14.8. The fourth-order valence-electron chi connectivity index (χ4n) is 11.5. The third kappa shape index (κ3) is 7.10. The molecule has 1 aliphatic rings. The van der Waals surface area contributed by atoms with Crippen molar-refractivity contribution in [3.05, 3.63) is 302 Å². The van der Waals surface area contributed by atoms with E-state index in [0.29, 0.717) is 17.5 Å². The summed E-state index contributed by atoms with van der Waals surface area (Å²) in [5.41, 5.74) is 18.5. The molecule has 13 aromatic rings. The van der Waals surface area contributed by atoms with Gasteiger partial charge in [-0.3, -0.25) is 0 Å². The van der Waals surface area contributed by atoms with Gasteiger partial charge in [-0.25, -0.2) is 15.0 Å². The number of nitrogens with zero attached hydrogens (tertiary/aromatic N) is 4. The predicted octanol–water partition coefficient (Wildman–Crippen LogP) is 17.3. The first kappa shape index (κ1) is 43.1. The zero-order chi connectivity index (χ0) is 49.0. The van der Waals surface area contributed by atoms with E-state index in [1.54, 1.807) is 0 Å². The molecule has 0 saturated carbocycles. The molecule has 4 heteroatoms. The molecule has 0 radical (unpaired) electrons. The van der Waals surface area contributed by atoms with Crippen molar-refractivity contribution in [1.82, 2.24) is 19.5 Å². The molecule has 0 fully saturated rings. The molecule has 0 amide bonds. The maximum Gasteiger partial charge on any atom is 0.163 e. The number of para-hydroxylation sites is 1. The van der Waals surface area contributed by atoms with Crippen molar-refractivity contribution >= 4 is 21.8 Å². The van der Waals surface area contributed by atoms with Crippen LogP contribution in [0.3, 0.4) is 0 Å². The molecular formula is C70H46N4. The smallest absolute Gasteiger partial charge is 0.163 e. The van der Waals surface area contributed by atoms with Crippen LogP contribution in [0.5, 0.6) is 0 Å². The average Bonchev–Trinajstić information content (AvgIpc) is 4.00. The highest BCUT2D eigenvalue weighted by molar-refractivity contribution is 6.14. The molecule has 0 N–H and O–H groups in total. The summed E-state index contributed by atoms with van der Waals surface area (Å²) in [6.07, 6.45) is 0. The summed E-state index contributed by atoms with van der Waals surface area (Å²) in [7, 11) is 0. The largest absolute Gasteiger partial charge is 0.309 e. The SMILES string of the molecule is c1ccc(-c2cc(-c3ccccc3)cc(-n3c4ccccc4c4ccc5c(c43)C(c3cc(-c4ccccc4)cc(-c4ccccc4)c3)(c3nc(-c4ccccc4)nc(-c4ccccc4)n3)c3ccccc3-5)c2)cc1. The Bertz CT molecular complexity index is 3910. The van der Waals surface area contributed by atoms with Crippen LogP contribution in [0.25, 0.3) is 106 Å². The second-order valence-corrected chi connectivity index (χ2v) is 19.1. The highest BCUT2D eigenvalue weighted by Gasteiger charge is 2.51. The summed E-state index contributed by atoms with van der Waals surface area (Å²) >= 11 is 0. The molecule has 1 aliphatic carbocycles. The van der Waals surface area contributed by atoms with Gasteiger partial charge >= 0.3 is 0 Å². The number of rotatable bonds is 9. The van der Waals surface area contributed by atoms with E-state index >= 15 is 0 Å². The molecule has 1 unspecified atom stereocenters.